The topological polar surface area (TPSA) is 32.3 Å². The van der Waals surface area contributed by atoms with Crippen LogP contribution in [0.4, 0.5) is 4.39 Å². The van der Waals surface area contributed by atoms with Crippen molar-refractivity contribution in [1.29, 1.82) is 0 Å². The molecule has 2 N–H and O–H groups in total. The number of hydrogen-bond donors (Lipinski definition) is 2. The van der Waals surface area contributed by atoms with Crippen molar-refractivity contribution < 1.29 is 9.50 Å². The molecule has 1 unspecified atom stereocenters. The number of rotatable bonds is 4. The summed E-state index contributed by atoms with van der Waals surface area (Å²) in [5, 5.41) is 16.7. The van der Waals surface area contributed by atoms with E-state index in [1.165, 1.54) is 17.2 Å². The summed E-state index contributed by atoms with van der Waals surface area (Å²) >= 11 is 1.67. The molecular weight excluding hydrogens is 249 g/mol. The van der Waals surface area contributed by atoms with E-state index in [-0.39, 0.29) is 17.6 Å². The van der Waals surface area contributed by atoms with E-state index < -0.39 is 0 Å². The maximum Gasteiger partial charge on any atom is 0.131 e. The second kappa shape index (κ2) is 5.50. The molecule has 1 aromatic heterocycles. The Morgan fingerprint density at radius 1 is 1.39 bits per heavy atom. The Hall–Kier alpha value is -1.39. The molecule has 0 saturated heterocycles. The molecule has 0 fully saturated rings. The highest BCUT2D eigenvalue weighted by atomic mass is 32.1. The van der Waals surface area contributed by atoms with Crippen LogP contribution in [0.2, 0.25) is 0 Å². The zero-order chi connectivity index (χ0) is 13.1. The van der Waals surface area contributed by atoms with Gasteiger partial charge in [-0.3, -0.25) is 0 Å². The lowest BCUT2D eigenvalue weighted by Crippen LogP contribution is -2.19. The minimum Gasteiger partial charge on any atom is -0.508 e. The van der Waals surface area contributed by atoms with E-state index in [1.807, 2.05) is 6.92 Å². The molecule has 18 heavy (non-hydrogen) atoms. The lowest BCUT2D eigenvalue weighted by atomic mass is 10.1. The van der Waals surface area contributed by atoms with Crippen molar-refractivity contribution in [3.8, 4) is 5.75 Å². The molecule has 2 nitrogen and oxygen atoms in total. The smallest absolute Gasteiger partial charge is 0.131 e. The molecule has 0 amide bonds. The number of aryl methyl sites for hydroxylation is 1. The molecule has 1 aromatic carbocycles. The molecule has 96 valence electrons. The first kappa shape index (κ1) is 13.1. The van der Waals surface area contributed by atoms with Crippen molar-refractivity contribution in [2.24, 2.45) is 0 Å². The third-order valence-electron chi connectivity index (χ3n) is 3.01. The quantitative estimate of drug-likeness (QED) is 0.882. The lowest BCUT2D eigenvalue weighted by Gasteiger charge is -2.15. The number of phenolic OH excluding ortho intramolecular Hbond substituents is 1. The standard InChI is InChI=1S/C14H16FNOS/c1-9-7-18-8-11(9)6-16-10(2)13-4-3-12(17)5-14(13)15/h3-5,7-8,10,16-17H,6H2,1-2H3. The monoisotopic (exact) mass is 265 g/mol. The lowest BCUT2D eigenvalue weighted by molar-refractivity contribution is 0.463. The minimum absolute atomic E-state index is 0.0443. The van der Waals surface area contributed by atoms with Crippen LogP contribution in [0.1, 0.15) is 29.7 Å². The molecule has 0 saturated carbocycles. The fraction of sp³-hybridized carbons (Fsp3) is 0.286. The molecule has 0 aliphatic heterocycles. The maximum absolute atomic E-state index is 13.6. The van der Waals surface area contributed by atoms with Crippen LogP contribution in [0.25, 0.3) is 0 Å². The van der Waals surface area contributed by atoms with Gasteiger partial charge in [-0.2, -0.15) is 11.3 Å². The molecule has 0 radical (unpaired) electrons. The zero-order valence-corrected chi connectivity index (χ0v) is 11.2. The van der Waals surface area contributed by atoms with Crippen molar-refractivity contribution in [1.82, 2.24) is 5.32 Å². The van der Waals surface area contributed by atoms with E-state index in [0.29, 0.717) is 5.56 Å². The van der Waals surface area contributed by atoms with Crippen molar-refractivity contribution in [2.75, 3.05) is 0 Å². The molecule has 0 aliphatic rings. The van der Waals surface area contributed by atoms with Gasteiger partial charge in [0.05, 0.1) is 0 Å². The van der Waals surface area contributed by atoms with Crippen LogP contribution in [0.3, 0.4) is 0 Å². The van der Waals surface area contributed by atoms with Crippen molar-refractivity contribution in [2.45, 2.75) is 26.4 Å². The Balaban J connectivity index is 2.03. The number of hydrogen-bond acceptors (Lipinski definition) is 3. The van der Waals surface area contributed by atoms with Gasteiger partial charge in [-0.25, -0.2) is 4.39 Å². The molecule has 1 atom stereocenters. The van der Waals surface area contributed by atoms with Crippen LogP contribution < -0.4 is 5.32 Å². The number of aromatic hydroxyl groups is 1. The normalized spacial score (nSPS) is 12.6. The fourth-order valence-corrected chi connectivity index (χ4v) is 2.67. The average molecular weight is 265 g/mol. The number of phenols is 1. The highest BCUT2D eigenvalue weighted by molar-refractivity contribution is 7.08. The van der Waals surface area contributed by atoms with Gasteiger partial charge in [-0.1, -0.05) is 6.07 Å². The summed E-state index contributed by atoms with van der Waals surface area (Å²) in [5.41, 5.74) is 3.07. The van der Waals surface area contributed by atoms with Gasteiger partial charge in [0, 0.05) is 24.2 Å². The summed E-state index contributed by atoms with van der Waals surface area (Å²) in [6.45, 7) is 4.70. The summed E-state index contributed by atoms with van der Waals surface area (Å²) in [4.78, 5) is 0. The molecular formula is C14H16FNOS. The Morgan fingerprint density at radius 3 is 2.78 bits per heavy atom. The third-order valence-corrected chi connectivity index (χ3v) is 3.92. The minimum atomic E-state index is -0.378. The summed E-state index contributed by atoms with van der Waals surface area (Å²) in [6.07, 6.45) is 0. The van der Waals surface area contributed by atoms with Gasteiger partial charge in [0.2, 0.25) is 0 Å². The number of thiophene rings is 1. The van der Waals surface area contributed by atoms with Crippen molar-refractivity contribution >= 4 is 11.3 Å². The van der Waals surface area contributed by atoms with Crippen LogP contribution in [-0.2, 0) is 6.54 Å². The molecule has 0 aliphatic carbocycles. The van der Waals surface area contributed by atoms with E-state index in [9.17, 15) is 9.50 Å². The predicted octanol–water partition coefficient (Wildman–Crippen LogP) is 3.75. The molecule has 0 bridgehead atoms. The summed E-state index contributed by atoms with van der Waals surface area (Å²) in [6, 6.07) is 4.17. The SMILES string of the molecule is Cc1cscc1CNC(C)c1ccc(O)cc1F. The van der Waals surface area contributed by atoms with E-state index in [0.717, 1.165) is 12.6 Å². The van der Waals surface area contributed by atoms with Crippen LogP contribution in [0, 0.1) is 12.7 Å². The second-order valence-electron chi connectivity index (χ2n) is 4.39. The molecule has 2 rings (SSSR count). The summed E-state index contributed by atoms with van der Waals surface area (Å²) in [5.74, 6) is -0.422. The van der Waals surface area contributed by atoms with Gasteiger partial charge >= 0.3 is 0 Å². The molecule has 4 heteroatoms. The van der Waals surface area contributed by atoms with Gasteiger partial charge in [-0.15, -0.1) is 0 Å². The zero-order valence-electron chi connectivity index (χ0n) is 10.4. The highest BCUT2D eigenvalue weighted by Crippen LogP contribution is 2.22. The van der Waals surface area contributed by atoms with Crippen LogP contribution in [0.15, 0.2) is 29.0 Å². The predicted molar refractivity (Wildman–Crippen MR) is 72.4 cm³/mol. The average Bonchev–Trinajstić information content (AvgIpc) is 2.72. The first-order valence-electron chi connectivity index (χ1n) is 5.81. The Bertz CT molecular complexity index is 538. The van der Waals surface area contributed by atoms with Crippen molar-refractivity contribution in [3.05, 3.63) is 51.5 Å². The second-order valence-corrected chi connectivity index (χ2v) is 5.13. The number of halogens is 1. The Kier molecular flexibility index (Phi) is 3.99. The third kappa shape index (κ3) is 2.89. The van der Waals surface area contributed by atoms with Gasteiger partial charge < -0.3 is 10.4 Å². The fourth-order valence-electron chi connectivity index (χ4n) is 1.81. The largest absolute Gasteiger partial charge is 0.508 e. The molecule has 0 spiro atoms. The Morgan fingerprint density at radius 2 is 2.17 bits per heavy atom. The van der Waals surface area contributed by atoms with Gasteiger partial charge in [0.15, 0.2) is 0 Å². The highest BCUT2D eigenvalue weighted by Gasteiger charge is 2.11. The van der Waals surface area contributed by atoms with E-state index in [2.05, 4.69) is 23.0 Å². The Labute approximate surface area is 110 Å². The van der Waals surface area contributed by atoms with Crippen molar-refractivity contribution in [3.63, 3.8) is 0 Å². The van der Waals surface area contributed by atoms with E-state index >= 15 is 0 Å². The van der Waals surface area contributed by atoms with Gasteiger partial charge in [0.1, 0.15) is 11.6 Å². The van der Waals surface area contributed by atoms with E-state index in [1.54, 1.807) is 17.4 Å². The van der Waals surface area contributed by atoms with Gasteiger partial charge in [-0.05, 0) is 41.8 Å². The summed E-state index contributed by atoms with van der Waals surface area (Å²) < 4.78 is 13.6. The van der Waals surface area contributed by atoms with Crippen LogP contribution >= 0.6 is 11.3 Å². The van der Waals surface area contributed by atoms with Crippen LogP contribution in [0.5, 0.6) is 5.75 Å². The maximum atomic E-state index is 13.6. The van der Waals surface area contributed by atoms with E-state index in [4.69, 9.17) is 0 Å². The first-order chi connectivity index (χ1) is 8.58. The summed E-state index contributed by atoms with van der Waals surface area (Å²) in [7, 11) is 0. The number of nitrogens with one attached hydrogen (secondary N) is 1. The van der Waals surface area contributed by atoms with Crippen LogP contribution in [-0.4, -0.2) is 5.11 Å². The first-order valence-corrected chi connectivity index (χ1v) is 6.75. The molecule has 2 aromatic rings. The number of benzene rings is 1. The van der Waals surface area contributed by atoms with Gasteiger partial charge in [0.25, 0.3) is 0 Å². The molecule has 1 heterocycles.